The summed E-state index contributed by atoms with van der Waals surface area (Å²) in [6.45, 7) is -0.00289. The van der Waals surface area contributed by atoms with E-state index in [9.17, 15) is 24.8 Å². The van der Waals surface area contributed by atoms with E-state index in [-0.39, 0.29) is 32.9 Å². The minimum Gasteiger partial charge on any atom is -0.505 e. The Bertz CT molecular complexity index is 968. The van der Waals surface area contributed by atoms with E-state index in [4.69, 9.17) is 23.2 Å². The molecule has 0 unspecified atom stereocenters. The summed E-state index contributed by atoms with van der Waals surface area (Å²) in [6.07, 6.45) is 1.46. The van der Waals surface area contributed by atoms with Crippen LogP contribution in [-0.4, -0.2) is 26.1 Å². The van der Waals surface area contributed by atoms with Crippen molar-refractivity contribution < 1.29 is 19.6 Å². The van der Waals surface area contributed by atoms with Crippen LogP contribution in [0, 0.1) is 10.1 Å². The number of halogens is 2. The number of thioether (sulfide) groups is 1. The molecule has 0 atom stereocenters. The van der Waals surface area contributed by atoms with Crippen molar-refractivity contribution in [3.05, 3.63) is 72.6 Å². The van der Waals surface area contributed by atoms with Gasteiger partial charge in [0.15, 0.2) is 5.75 Å². The number of imide groups is 1. The van der Waals surface area contributed by atoms with Crippen molar-refractivity contribution in [2.24, 2.45) is 0 Å². The molecule has 0 aliphatic carbocycles. The van der Waals surface area contributed by atoms with Gasteiger partial charge in [-0.3, -0.25) is 24.6 Å². The van der Waals surface area contributed by atoms with Crippen LogP contribution in [0.3, 0.4) is 0 Å². The summed E-state index contributed by atoms with van der Waals surface area (Å²) < 4.78 is 0. The lowest BCUT2D eigenvalue weighted by molar-refractivity contribution is -0.384. The Balaban J connectivity index is 1.81. The topological polar surface area (TPSA) is 101 Å². The number of carbonyl (C=O) groups excluding carboxylic acids is 2. The van der Waals surface area contributed by atoms with Gasteiger partial charge in [-0.25, -0.2) is 0 Å². The highest BCUT2D eigenvalue weighted by atomic mass is 35.5. The quantitative estimate of drug-likeness (QED) is 0.427. The first-order valence-corrected chi connectivity index (χ1v) is 9.00. The number of phenolic OH excluding ortho intramolecular Hbond substituents is 1. The molecule has 1 aliphatic rings. The monoisotopic (exact) mass is 424 g/mol. The summed E-state index contributed by atoms with van der Waals surface area (Å²) in [6, 6.07) is 8.45. The van der Waals surface area contributed by atoms with E-state index in [1.807, 2.05) is 0 Å². The molecule has 7 nitrogen and oxygen atoms in total. The van der Waals surface area contributed by atoms with Gasteiger partial charge in [0.25, 0.3) is 16.8 Å². The van der Waals surface area contributed by atoms with Crippen molar-refractivity contribution in [2.45, 2.75) is 6.54 Å². The number of rotatable bonds is 4. The standard InChI is InChI=1S/C17H10Cl2N2O5S/c18-12-5-10(6-13(19)15(12)22)7-14-16(23)20(17(24)27-14)8-9-1-3-11(4-2-9)21(25)26/h1-7,22H,8H2/b14-7-. The predicted molar refractivity (Wildman–Crippen MR) is 103 cm³/mol. The lowest BCUT2D eigenvalue weighted by Gasteiger charge is -2.12. The second kappa shape index (κ2) is 7.59. The first-order chi connectivity index (χ1) is 12.8. The third-order valence-corrected chi connectivity index (χ3v) is 5.18. The van der Waals surface area contributed by atoms with Gasteiger partial charge in [0.2, 0.25) is 0 Å². The van der Waals surface area contributed by atoms with Crippen molar-refractivity contribution in [3.63, 3.8) is 0 Å². The molecule has 1 heterocycles. The van der Waals surface area contributed by atoms with Gasteiger partial charge in [-0.15, -0.1) is 0 Å². The van der Waals surface area contributed by atoms with Crippen LogP contribution in [0.4, 0.5) is 10.5 Å². The Morgan fingerprint density at radius 2 is 1.74 bits per heavy atom. The van der Waals surface area contributed by atoms with Crippen LogP contribution < -0.4 is 0 Å². The number of hydrogen-bond acceptors (Lipinski definition) is 6. The van der Waals surface area contributed by atoms with Crippen LogP contribution in [0.1, 0.15) is 11.1 Å². The molecule has 0 radical (unpaired) electrons. The number of nitrogens with zero attached hydrogens (tertiary/aromatic N) is 2. The largest absolute Gasteiger partial charge is 0.505 e. The van der Waals surface area contributed by atoms with Crippen molar-refractivity contribution in [2.75, 3.05) is 0 Å². The van der Waals surface area contributed by atoms with Crippen molar-refractivity contribution >= 4 is 57.9 Å². The second-order valence-electron chi connectivity index (χ2n) is 5.52. The van der Waals surface area contributed by atoms with Gasteiger partial charge in [0, 0.05) is 12.1 Å². The molecule has 0 bridgehead atoms. The molecule has 2 amide bonds. The van der Waals surface area contributed by atoms with Crippen molar-refractivity contribution in [3.8, 4) is 5.75 Å². The fourth-order valence-corrected chi connectivity index (χ4v) is 3.70. The first-order valence-electron chi connectivity index (χ1n) is 7.43. The van der Waals surface area contributed by atoms with Gasteiger partial charge in [-0.05, 0) is 41.1 Å². The first kappa shape index (κ1) is 19.2. The van der Waals surface area contributed by atoms with E-state index in [2.05, 4.69) is 0 Å². The van der Waals surface area contributed by atoms with Gasteiger partial charge >= 0.3 is 0 Å². The molecule has 3 rings (SSSR count). The summed E-state index contributed by atoms with van der Waals surface area (Å²) in [5.74, 6) is -0.759. The summed E-state index contributed by atoms with van der Waals surface area (Å²) in [7, 11) is 0. The zero-order chi connectivity index (χ0) is 19.7. The minimum absolute atomic E-state index is 0.00289. The number of nitro benzene ring substituents is 1. The average Bonchev–Trinajstić information content (AvgIpc) is 2.87. The second-order valence-corrected chi connectivity index (χ2v) is 7.33. The number of hydrogen-bond donors (Lipinski definition) is 1. The maximum absolute atomic E-state index is 12.5. The lowest BCUT2D eigenvalue weighted by atomic mass is 10.2. The number of non-ortho nitro benzene ring substituents is 1. The smallest absolute Gasteiger partial charge is 0.293 e. The molecule has 10 heteroatoms. The molecule has 0 saturated carbocycles. The van der Waals surface area contributed by atoms with E-state index >= 15 is 0 Å². The van der Waals surface area contributed by atoms with Crippen LogP contribution >= 0.6 is 35.0 Å². The molecule has 2 aromatic carbocycles. The maximum Gasteiger partial charge on any atom is 0.293 e. The highest BCUT2D eigenvalue weighted by Gasteiger charge is 2.35. The molecular weight excluding hydrogens is 415 g/mol. The fraction of sp³-hybridized carbons (Fsp3) is 0.0588. The average molecular weight is 425 g/mol. The highest BCUT2D eigenvalue weighted by Crippen LogP contribution is 2.37. The summed E-state index contributed by atoms with van der Waals surface area (Å²) in [5, 5.41) is 19.9. The minimum atomic E-state index is -0.527. The normalized spacial score (nSPS) is 15.6. The molecule has 1 saturated heterocycles. The van der Waals surface area contributed by atoms with E-state index in [1.54, 1.807) is 0 Å². The van der Waals surface area contributed by atoms with E-state index in [0.29, 0.717) is 11.1 Å². The number of benzene rings is 2. The third-order valence-electron chi connectivity index (χ3n) is 3.70. The van der Waals surface area contributed by atoms with Crippen LogP contribution in [0.2, 0.25) is 10.0 Å². The van der Waals surface area contributed by atoms with E-state index < -0.39 is 16.1 Å². The highest BCUT2D eigenvalue weighted by molar-refractivity contribution is 8.18. The molecular formula is C17H10Cl2N2O5S. The maximum atomic E-state index is 12.5. The summed E-state index contributed by atoms with van der Waals surface area (Å²) in [4.78, 5) is 36.1. The molecule has 1 N–H and O–H groups in total. The third kappa shape index (κ3) is 4.08. The van der Waals surface area contributed by atoms with Crippen LogP contribution in [-0.2, 0) is 11.3 Å². The Kier molecular flexibility index (Phi) is 5.41. The SMILES string of the molecule is O=C1S/C(=C\c2cc(Cl)c(O)c(Cl)c2)C(=O)N1Cc1ccc([N+](=O)[O-])cc1. The summed E-state index contributed by atoms with van der Waals surface area (Å²) >= 11 is 12.5. The zero-order valence-electron chi connectivity index (χ0n) is 13.4. The molecule has 2 aromatic rings. The Morgan fingerprint density at radius 1 is 1.15 bits per heavy atom. The zero-order valence-corrected chi connectivity index (χ0v) is 15.7. The molecule has 27 heavy (non-hydrogen) atoms. The van der Waals surface area contributed by atoms with Crippen LogP contribution in [0.15, 0.2) is 41.3 Å². The predicted octanol–water partition coefficient (Wildman–Crippen LogP) is 4.84. The van der Waals surface area contributed by atoms with Gasteiger partial charge in [0.1, 0.15) is 0 Å². The van der Waals surface area contributed by atoms with E-state index in [0.717, 1.165) is 16.7 Å². The Morgan fingerprint density at radius 3 is 2.30 bits per heavy atom. The molecule has 1 fully saturated rings. The number of nitro groups is 1. The van der Waals surface area contributed by atoms with Gasteiger partial charge in [-0.2, -0.15) is 0 Å². The molecule has 0 aromatic heterocycles. The van der Waals surface area contributed by atoms with Crippen molar-refractivity contribution in [1.29, 1.82) is 0 Å². The Labute approximate surface area is 167 Å². The van der Waals surface area contributed by atoms with E-state index in [1.165, 1.54) is 42.5 Å². The fourth-order valence-electron chi connectivity index (χ4n) is 2.36. The van der Waals surface area contributed by atoms with Gasteiger partial charge in [0.05, 0.1) is 26.4 Å². The van der Waals surface area contributed by atoms with Crippen LogP contribution in [0.25, 0.3) is 6.08 Å². The van der Waals surface area contributed by atoms with Crippen molar-refractivity contribution in [1.82, 2.24) is 4.90 Å². The molecule has 138 valence electrons. The van der Waals surface area contributed by atoms with Gasteiger partial charge in [-0.1, -0.05) is 35.3 Å². The van der Waals surface area contributed by atoms with Gasteiger partial charge < -0.3 is 5.11 Å². The number of carbonyl (C=O) groups is 2. The number of amides is 2. The van der Waals surface area contributed by atoms with Crippen LogP contribution in [0.5, 0.6) is 5.75 Å². The lowest BCUT2D eigenvalue weighted by Crippen LogP contribution is -2.27. The number of aromatic hydroxyl groups is 1. The summed E-state index contributed by atoms with van der Waals surface area (Å²) in [5.41, 5.74) is 0.970. The molecule has 1 aliphatic heterocycles. The Hall–Kier alpha value is -2.55. The number of phenols is 1. The molecule has 0 spiro atoms.